The molecule has 0 aromatic heterocycles. The number of benzene rings is 1. The van der Waals surface area contributed by atoms with Gasteiger partial charge in [0.25, 0.3) is 0 Å². The van der Waals surface area contributed by atoms with E-state index in [2.05, 4.69) is 5.32 Å². The lowest BCUT2D eigenvalue weighted by molar-refractivity contribution is 0.0193. The van der Waals surface area contributed by atoms with Crippen molar-refractivity contribution < 1.29 is 18.3 Å². The molecule has 1 aromatic carbocycles. The van der Waals surface area contributed by atoms with E-state index in [1.54, 1.807) is 20.8 Å². The molecular formula is C15H19ClF2N2O2. The second kappa shape index (κ2) is 6.38. The number of hydrogen-bond acceptors (Lipinski definition) is 3. The zero-order valence-electron chi connectivity index (χ0n) is 12.8. The lowest BCUT2D eigenvalue weighted by atomic mass is 10.0. The Bertz CT molecular complexity index is 575. The first-order valence-corrected chi connectivity index (χ1v) is 7.41. The fourth-order valence-corrected chi connectivity index (χ4v) is 2.41. The Balaban J connectivity index is 2.14. The van der Waals surface area contributed by atoms with Gasteiger partial charge < -0.3 is 15.0 Å². The quantitative estimate of drug-likeness (QED) is 0.800. The van der Waals surface area contributed by atoms with Crippen LogP contribution in [0.5, 0.6) is 0 Å². The van der Waals surface area contributed by atoms with E-state index in [4.69, 9.17) is 16.3 Å². The zero-order chi connectivity index (χ0) is 16.5. The average Bonchev–Trinajstić information content (AvgIpc) is 2.41. The Kier molecular flexibility index (Phi) is 4.92. The van der Waals surface area contributed by atoms with Crippen molar-refractivity contribution in [1.29, 1.82) is 0 Å². The van der Waals surface area contributed by atoms with Crippen LogP contribution in [-0.4, -0.2) is 36.2 Å². The van der Waals surface area contributed by atoms with E-state index in [1.807, 2.05) is 0 Å². The van der Waals surface area contributed by atoms with E-state index < -0.39 is 29.4 Å². The minimum atomic E-state index is -0.686. The minimum Gasteiger partial charge on any atom is -0.444 e. The monoisotopic (exact) mass is 332 g/mol. The average molecular weight is 333 g/mol. The van der Waals surface area contributed by atoms with Crippen LogP contribution in [0, 0.1) is 11.6 Å². The summed E-state index contributed by atoms with van der Waals surface area (Å²) in [6, 6.07) is 1.50. The van der Waals surface area contributed by atoms with Crippen LogP contribution in [0.4, 0.5) is 13.6 Å². The Hall–Kier alpha value is -1.40. The molecule has 1 N–H and O–H groups in total. The lowest BCUT2D eigenvalue weighted by Gasteiger charge is -2.35. The number of rotatable bonds is 1. The maximum atomic E-state index is 14.0. The van der Waals surface area contributed by atoms with Gasteiger partial charge in [-0.2, -0.15) is 0 Å². The molecule has 1 aliphatic rings. The number of amides is 1. The molecule has 22 heavy (non-hydrogen) atoms. The second-order valence-corrected chi connectivity index (χ2v) is 6.63. The SMILES string of the molecule is CC(C)(C)OC(=O)N1CCNC(c2cc(F)c(Cl)cc2F)C1. The number of carbonyl (C=O) groups excluding carboxylic acids is 1. The van der Waals surface area contributed by atoms with Gasteiger partial charge in [0, 0.05) is 25.2 Å². The van der Waals surface area contributed by atoms with Crippen LogP contribution in [0.3, 0.4) is 0 Å². The molecule has 0 bridgehead atoms. The molecule has 1 amide bonds. The summed E-state index contributed by atoms with van der Waals surface area (Å²) in [6.07, 6.45) is -0.464. The Morgan fingerprint density at radius 1 is 1.36 bits per heavy atom. The van der Waals surface area contributed by atoms with Gasteiger partial charge in [-0.05, 0) is 32.9 Å². The third kappa shape index (κ3) is 4.08. The Morgan fingerprint density at radius 2 is 2.05 bits per heavy atom. The molecule has 1 fully saturated rings. The number of piperazine rings is 1. The molecule has 0 spiro atoms. The standard InChI is InChI=1S/C15H19ClF2N2O2/c1-15(2,3)22-14(21)20-5-4-19-13(8-20)9-6-12(18)10(16)7-11(9)17/h6-7,13,19H,4-5,8H2,1-3H3. The van der Waals surface area contributed by atoms with Crippen LogP contribution in [0.25, 0.3) is 0 Å². The van der Waals surface area contributed by atoms with Gasteiger partial charge in [-0.25, -0.2) is 13.6 Å². The first-order chi connectivity index (χ1) is 10.2. The van der Waals surface area contributed by atoms with Gasteiger partial charge in [0.1, 0.15) is 17.2 Å². The number of nitrogens with one attached hydrogen (secondary N) is 1. The summed E-state index contributed by atoms with van der Waals surface area (Å²) in [5.74, 6) is -1.29. The number of nitrogens with zero attached hydrogens (tertiary/aromatic N) is 1. The zero-order valence-corrected chi connectivity index (χ0v) is 13.5. The highest BCUT2D eigenvalue weighted by Gasteiger charge is 2.29. The van der Waals surface area contributed by atoms with E-state index in [-0.39, 0.29) is 17.1 Å². The summed E-state index contributed by atoms with van der Waals surface area (Å²) in [5, 5.41) is 2.81. The first kappa shape index (κ1) is 17.0. The summed E-state index contributed by atoms with van der Waals surface area (Å²) >= 11 is 5.56. The van der Waals surface area contributed by atoms with Crippen LogP contribution < -0.4 is 5.32 Å². The maximum absolute atomic E-state index is 14.0. The van der Waals surface area contributed by atoms with Crippen molar-refractivity contribution >= 4 is 17.7 Å². The summed E-state index contributed by atoms with van der Waals surface area (Å²) in [4.78, 5) is 13.6. The third-order valence-electron chi connectivity index (χ3n) is 3.24. The van der Waals surface area contributed by atoms with Crippen molar-refractivity contribution in [3.63, 3.8) is 0 Å². The topological polar surface area (TPSA) is 41.6 Å². The van der Waals surface area contributed by atoms with Gasteiger partial charge in [-0.15, -0.1) is 0 Å². The molecule has 4 nitrogen and oxygen atoms in total. The molecule has 7 heteroatoms. The van der Waals surface area contributed by atoms with Crippen molar-refractivity contribution in [2.24, 2.45) is 0 Å². The lowest BCUT2D eigenvalue weighted by Crippen LogP contribution is -2.49. The first-order valence-electron chi connectivity index (χ1n) is 7.03. The van der Waals surface area contributed by atoms with Crippen molar-refractivity contribution in [3.05, 3.63) is 34.4 Å². The van der Waals surface area contributed by atoms with Gasteiger partial charge in [-0.1, -0.05) is 11.6 Å². The molecule has 122 valence electrons. The predicted molar refractivity (Wildman–Crippen MR) is 79.9 cm³/mol. The Labute approximate surface area is 133 Å². The molecule has 1 heterocycles. The van der Waals surface area contributed by atoms with Gasteiger partial charge in [0.15, 0.2) is 0 Å². The van der Waals surface area contributed by atoms with Crippen molar-refractivity contribution in [1.82, 2.24) is 10.2 Å². The molecule has 0 aliphatic carbocycles. The molecule has 2 rings (SSSR count). The molecule has 1 saturated heterocycles. The molecular weight excluding hydrogens is 314 g/mol. The van der Waals surface area contributed by atoms with Gasteiger partial charge in [-0.3, -0.25) is 0 Å². The van der Waals surface area contributed by atoms with Crippen molar-refractivity contribution in [2.75, 3.05) is 19.6 Å². The van der Waals surface area contributed by atoms with E-state index in [0.29, 0.717) is 13.1 Å². The van der Waals surface area contributed by atoms with Crippen LogP contribution in [-0.2, 0) is 4.74 Å². The normalized spacial score (nSPS) is 19.2. The van der Waals surface area contributed by atoms with Crippen LogP contribution in [0.15, 0.2) is 12.1 Å². The summed E-state index contributed by atoms with van der Waals surface area (Å²) < 4.78 is 32.9. The number of ether oxygens (including phenoxy) is 1. The molecule has 1 aromatic rings. The summed E-state index contributed by atoms with van der Waals surface area (Å²) in [7, 11) is 0. The van der Waals surface area contributed by atoms with Crippen molar-refractivity contribution in [3.8, 4) is 0 Å². The highest BCUT2D eigenvalue weighted by Crippen LogP contribution is 2.26. The van der Waals surface area contributed by atoms with Gasteiger partial charge in [0.2, 0.25) is 0 Å². The Morgan fingerprint density at radius 3 is 2.68 bits per heavy atom. The van der Waals surface area contributed by atoms with Gasteiger partial charge >= 0.3 is 6.09 Å². The fraction of sp³-hybridized carbons (Fsp3) is 0.533. The number of carbonyl (C=O) groups is 1. The van der Waals surface area contributed by atoms with E-state index in [0.717, 1.165) is 12.1 Å². The third-order valence-corrected chi connectivity index (χ3v) is 3.53. The van der Waals surface area contributed by atoms with E-state index >= 15 is 0 Å². The van der Waals surface area contributed by atoms with Crippen LogP contribution >= 0.6 is 11.6 Å². The highest BCUT2D eigenvalue weighted by molar-refractivity contribution is 6.30. The molecule has 1 unspecified atom stereocenters. The molecule has 1 aliphatic heterocycles. The van der Waals surface area contributed by atoms with E-state index in [9.17, 15) is 13.6 Å². The molecule has 0 saturated carbocycles. The number of halogens is 3. The largest absolute Gasteiger partial charge is 0.444 e. The summed E-state index contributed by atoms with van der Waals surface area (Å²) in [6.45, 7) is 6.44. The molecule has 1 atom stereocenters. The number of hydrogen-bond donors (Lipinski definition) is 1. The van der Waals surface area contributed by atoms with E-state index in [1.165, 1.54) is 4.90 Å². The summed E-state index contributed by atoms with van der Waals surface area (Å²) in [5.41, 5.74) is -0.454. The van der Waals surface area contributed by atoms with Gasteiger partial charge in [0.05, 0.1) is 11.1 Å². The molecule has 0 radical (unpaired) electrons. The minimum absolute atomic E-state index is 0.148. The smallest absolute Gasteiger partial charge is 0.410 e. The highest BCUT2D eigenvalue weighted by atomic mass is 35.5. The predicted octanol–water partition coefficient (Wildman–Crippen LogP) is 3.50. The van der Waals surface area contributed by atoms with Crippen LogP contribution in [0.2, 0.25) is 5.02 Å². The second-order valence-electron chi connectivity index (χ2n) is 6.22. The van der Waals surface area contributed by atoms with Crippen LogP contribution in [0.1, 0.15) is 32.4 Å². The maximum Gasteiger partial charge on any atom is 0.410 e. The van der Waals surface area contributed by atoms with Crippen molar-refractivity contribution in [2.45, 2.75) is 32.4 Å². The fourth-order valence-electron chi connectivity index (χ4n) is 2.26.